The van der Waals surface area contributed by atoms with Crippen molar-refractivity contribution in [1.29, 1.82) is 0 Å². The molecule has 2 rings (SSSR count). The second-order valence-corrected chi connectivity index (χ2v) is 3.28. The van der Waals surface area contributed by atoms with Crippen molar-refractivity contribution in [3.63, 3.8) is 0 Å². The van der Waals surface area contributed by atoms with Gasteiger partial charge in [0, 0.05) is 12.0 Å². The third-order valence-electron chi connectivity index (χ3n) is 1.48. The minimum atomic E-state index is 0.944. The maximum absolute atomic E-state index is 4.04. The summed E-state index contributed by atoms with van der Waals surface area (Å²) in [5, 5.41) is 7.99. The normalized spacial score (nSPS) is 13.7. The molecule has 0 fully saturated rings. The Balaban J connectivity index is 2.60. The van der Waals surface area contributed by atoms with Crippen molar-refractivity contribution >= 4 is 28.7 Å². The van der Waals surface area contributed by atoms with Crippen molar-refractivity contribution in [3.05, 3.63) is 27.1 Å². The van der Waals surface area contributed by atoms with E-state index < -0.39 is 0 Å². The van der Waals surface area contributed by atoms with Gasteiger partial charge in [-0.1, -0.05) is 12.2 Å². The maximum atomic E-state index is 4.04. The molecule has 10 heavy (non-hydrogen) atoms. The van der Waals surface area contributed by atoms with Crippen LogP contribution in [0.25, 0.3) is 6.08 Å². The fourth-order valence-electron chi connectivity index (χ4n) is 1.01. The van der Waals surface area contributed by atoms with E-state index in [-0.39, 0.29) is 0 Å². The molecule has 0 unspecified atom stereocenters. The van der Waals surface area contributed by atoms with Crippen LogP contribution in [-0.2, 0) is 6.42 Å². The molecular formula is C7H5IN2. The summed E-state index contributed by atoms with van der Waals surface area (Å²) < 4.78 is 0.961. The predicted octanol–water partition coefficient (Wildman–Crippen LogP) is 1.65. The van der Waals surface area contributed by atoms with Crippen LogP contribution in [0.15, 0.2) is 12.1 Å². The molecule has 0 amide bonds. The molecule has 50 valence electrons. The molecule has 1 aromatic rings. The first kappa shape index (κ1) is 6.27. The first-order chi connectivity index (χ1) is 4.86. The lowest BCUT2D eigenvalue weighted by Gasteiger charge is -1.94. The van der Waals surface area contributed by atoms with E-state index in [9.17, 15) is 0 Å². The molecule has 0 N–H and O–H groups in total. The highest BCUT2D eigenvalue weighted by Crippen LogP contribution is 2.16. The number of fused-ring (bicyclic) bond motifs is 1. The van der Waals surface area contributed by atoms with Gasteiger partial charge in [0.2, 0.25) is 0 Å². The van der Waals surface area contributed by atoms with Crippen molar-refractivity contribution in [2.75, 3.05) is 0 Å². The molecule has 3 heteroatoms. The molecule has 0 saturated carbocycles. The lowest BCUT2D eigenvalue weighted by atomic mass is 10.3. The van der Waals surface area contributed by atoms with Gasteiger partial charge < -0.3 is 0 Å². The van der Waals surface area contributed by atoms with Gasteiger partial charge in [-0.2, -0.15) is 5.10 Å². The Morgan fingerprint density at radius 3 is 3.20 bits per heavy atom. The van der Waals surface area contributed by atoms with Crippen molar-refractivity contribution < 1.29 is 0 Å². The van der Waals surface area contributed by atoms with Crippen LogP contribution >= 0.6 is 22.6 Å². The third-order valence-corrected chi connectivity index (χ3v) is 2.01. The summed E-state index contributed by atoms with van der Waals surface area (Å²) in [6, 6.07) is 2.05. The summed E-state index contributed by atoms with van der Waals surface area (Å²) in [6.45, 7) is 0. The van der Waals surface area contributed by atoms with Crippen LogP contribution in [0.3, 0.4) is 0 Å². The minimum absolute atomic E-state index is 0.944. The zero-order valence-electron chi connectivity index (χ0n) is 5.21. The maximum Gasteiger partial charge on any atom is 0.124 e. The number of nitrogens with zero attached hydrogens (tertiary/aromatic N) is 2. The van der Waals surface area contributed by atoms with Gasteiger partial charge in [-0.05, 0) is 28.7 Å². The predicted molar refractivity (Wildman–Crippen MR) is 47.5 cm³/mol. The average Bonchev–Trinajstić information content (AvgIpc) is 2.33. The monoisotopic (exact) mass is 244 g/mol. The minimum Gasteiger partial charge on any atom is -0.154 e. The highest BCUT2D eigenvalue weighted by atomic mass is 127. The van der Waals surface area contributed by atoms with E-state index in [1.54, 1.807) is 0 Å². The molecule has 2 nitrogen and oxygen atoms in total. The summed E-state index contributed by atoms with van der Waals surface area (Å²) in [5.74, 6) is 0. The van der Waals surface area contributed by atoms with Crippen LogP contribution in [0.4, 0.5) is 0 Å². The van der Waals surface area contributed by atoms with E-state index in [0.717, 1.165) is 15.8 Å². The van der Waals surface area contributed by atoms with E-state index >= 15 is 0 Å². The van der Waals surface area contributed by atoms with Gasteiger partial charge in [0.05, 0.1) is 5.69 Å². The number of hydrogen-bond acceptors (Lipinski definition) is 2. The van der Waals surface area contributed by atoms with Gasteiger partial charge in [0.1, 0.15) is 3.70 Å². The third kappa shape index (κ3) is 0.941. The molecule has 0 radical (unpaired) electrons. The van der Waals surface area contributed by atoms with Gasteiger partial charge in [-0.25, -0.2) is 0 Å². The average molecular weight is 244 g/mol. The summed E-state index contributed by atoms with van der Waals surface area (Å²) in [6.07, 6.45) is 5.14. The number of rotatable bonds is 0. The summed E-state index contributed by atoms with van der Waals surface area (Å²) in [4.78, 5) is 0. The van der Waals surface area contributed by atoms with Gasteiger partial charge >= 0.3 is 0 Å². The highest BCUT2D eigenvalue weighted by molar-refractivity contribution is 14.1. The number of aromatic nitrogens is 2. The van der Waals surface area contributed by atoms with Gasteiger partial charge in [-0.15, -0.1) is 5.10 Å². The fourth-order valence-corrected chi connectivity index (χ4v) is 1.45. The first-order valence-electron chi connectivity index (χ1n) is 3.05. The van der Waals surface area contributed by atoms with Gasteiger partial charge in [-0.3, -0.25) is 0 Å². The summed E-state index contributed by atoms with van der Waals surface area (Å²) in [7, 11) is 0. The lowest BCUT2D eigenvalue weighted by Crippen LogP contribution is -1.93. The molecule has 0 atom stereocenters. The van der Waals surface area contributed by atoms with Crippen LogP contribution in [0, 0.1) is 3.70 Å². The molecule has 1 heterocycles. The van der Waals surface area contributed by atoms with E-state index in [2.05, 4.69) is 44.9 Å². The molecular weight excluding hydrogens is 239 g/mol. The van der Waals surface area contributed by atoms with E-state index in [4.69, 9.17) is 0 Å². The Hall–Kier alpha value is -0.450. The Morgan fingerprint density at radius 1 is 1.40 bits per heavy atom. The Kier molecular flexibility index (Phi) is 1.44. The summed E-state index contributed by atoms with van der Waals surface area (Å²) >= 11 is 2.17. The molecule has 0 spiro atoms. The Bertz CT molecular complexity index is 294. The number of hydrogen-bond donors (Lipinski definition) is 0. The molecule has 0 aliphatic heterocycles. The molecule has 0 bridgehead atoms. The fraction of sp³-hybridized carbons (Fsp3) is 0.143. The standard InChI is InChI=1S/C7H5IN2/c8-7-4-5-2-1-3-6(5)9-10-7/h1-2,4H,3H2. The SMILES string of the molecule is Ic1cc2c(nn1)CC=C2. The van der Waals surface area contributed by atoms with Crippen molar-refractivity contribution in [2.45, 2.75) is 6.42 Å². The molecule has 1 aliphatic carbocycles. The summed E-state index contributed by atoms with van der Waals surface area (Å²) in [5.41, 5.74) is 2.32. The lowest BCUT2D eigenvalue weighted by molar-refractivity contribution is 0.934. The Morgan fingerprint density at radius 2 is 2.30 bits per heavy atom. The van der Waals surface area contributed by atoms with Gasteiger partial charge in [0.15, 0.2) is 0 Å². The van der Waals surface area contributed by atoms with E-state index in [1.165, 1.54) is 5.56 Å². The number of halogens is 1. The second-order valence-electron chi connectivity index (χ2n) is 2.18. The van der Waals surface area contributed by atoms with Crippen LogP contribution in [-0.4, -0.2) is 10.2 Å². The van der Waals surface area contributed by atoms with Crippen LogP contribution < -0.4 is 0 Å². The smallest absolute Gasteiger partial charge is 0.124 e. The van der Waals surface area contributed by atoms with Crippen LogP contribution in [0.1, 0.15) is 11.3 Å². The highest BCUT2D eigenvalue weighted by Gasteiger charge is 2.06. The van der Waals surface area contributed by atoms with E-state index in [1.807, 2.05) is 6.07 Å². The van der Waals surface area contributed by atoms with Crippen molar-refractivity contribution in [1.82, 2.24) is 10.2 Å². The zero-order valence-corrected chi connectivity index (χ0v) is 7.37. The van der Waals surface area contributed by atoms with Crippen molar-refractivity contribution in [2.24, 2.45) is 0 Å². The zero-order chi connectivity index (χ0) is 6.97. The van der Waals surface area contributed by atoms with Crippen LogP contribution in [0.5, 0.6) is 0 Å². The quantitative estimate of drug-likeness (QED) is 0.648. The largest absolute Gasteiger partial charge is 0.154 e. The second kappa shape index (κ2) is 2.30. The topological polar surface area (TPSA) is 25.8 Å². The van der Waals surface area contributed by atoms with Crippen LogP contribution in [0.2, 0.25) is 0 Å². The van der Waals surface area contributed by atoms with Crippen molar-refractivity contribution in [3.8, 4) is 0 Å². The first-order valence-corrected chi connectivity index (χ1v) is 4.13. The molecule has 1 aliphatic rings. The van der Waals surface area contributed by atoms with E-state index in [0.29, 0.717) is 0 Å². The number of allylic oxidation sites excluding steroid dienone is 1. The molecule has 0 aromatic carbocycles. The van der Waals surface area contributed by atoms with Gasteiger partial charge in [0.25, 0.3) is 0 Å². The molecule has 0 saturated heterocycles. The Labute approximate surface area is 72.5 Å². The molecule has 1 aromatic heterocycles.